The molecule has 0 fully saturated rings. The fourth-order valence-electron chi connectivity index (χ4n) is 3.03. The molecule has 0 aromatic heterocycles. The first-order valence-electron chi connectivity index (χ1n) is 10.3. The molecular formula is C26H31NO3. The normalized spacial score (nSPS) is 11.7. The summed E-state index contributed by atoms with van der Waals surface area (Å²) in [5, 5.41) is 10.9. The van der Waals surface area contributed by atoms with Crippen molar-refractivity contribution in [2.75, 3.05) is 12.3 Å². The van der Waals surface area contributed by atoms with Gasteiger partial charge in [-0.15, -0.1) is 0 Å². The summed E-state index contributed by atoms with van der Waals surface area (Å²) in [7, 11) is 0. The van der Waals surface area contributed by atoms with E-state index in [4.69, 9.17) is 10.5 Å². The molecule has 2 rings (SSSR count). The van der Waals surface area contributed by atoms with Crippen LogP contribution in [0.15, 0.2) is 60.7 Å². The highest BCUT2D eigenvalue weighted by molar-refractivity contribution is 6.07. The van der Waals surface area contributed by atoms with Crippen molar-refractivity contribution in [2.24, 2.45) is 0 Å². The van der Waals surface area contributed by atoms with Crippen LogP contribution in [0.2, 0.25) is 0 Å². The SMILES string of the molecule is CC=CCc1cc(C=CC(=O)c2ccc(N)cc2)c(OCCC)c(CC=CC)c1O. The first kappa shape index (κ1) is 23.0. The zero-order valence-corrected chi connectivity index (χ0v) is 18.0. The average molecular weight is 406 g/mol. The minimum Gasteiger partial charge on any atom is -0.507 e. The van der Waals surface area contributed by atoms with Gasteiger partial charge in [0.25, 0.3) is 0 Å². The van der Waals surface area contributed by atoms with E-state index in [1.54, 1.807) is 30.3 Å². The van der Waals surface area contributed by atoms with Crippen LogP contribution in [0.4, 0.5) is 5.69 Å². The average Bonchev–Trinajstić information content (AvgIpc) is 2.75. The van der Waals surface area contributed by atoms with E-state index in [2.05, 4.69) is 0 Å². The predicted octanol–water partition coefficient (Wildman–Crippen LogP) is 5.90. The Balaban J connectivity index is 2.52. The second-order valence-corrected chi connectivity index (χ2v) is 7.00. The number of rotatable bonds is 10. The lowest BCUT2D eigenvalue weighted by atomic mass is 9.96. The fourth-order valence-corrected chi connectivity index (χ4v) is 3.03. The minimum atomic E-state index is -0.116. The minimum absolute atomic E-state index is 0.116. The Hall–Kier alpha value is -3.27. The van der Waals surface area contributed by atoms with Gasteiger partial charge in [0.1, 0.15) is 11.5 Å². The van der Waals surface area contributed by atoms with Crippen molar-refractivity contribution in [3.63, 3.8) is 0 Å². The Kier molecular flexibility index (Phi) is 8.95. The van der Waals surface area contributed by atoms with Gasteiger partial charge in [-0.25, -0.2) is 0 Å². The standard InChI is InChI=1S/C26H31NO3/c1-4-7-9-20-18-21(13-16-24(28)19-11-14-22(27)15-12-19)26(30-17-6-3)23(25(20)29)10-8-5-2/h4-5,7-8,11-16,18,29H,6,9-10,17,27H2,1-3H3. The van der Waals surface area contributed by atoms with Crippen LogP contribution >= 0.6 is 0 Å². The Labute approximate surface area is 179 Å². The number of phenolic OH excluding ortho intramolecular Hbond substituents is 1. The van der Waals surface area contributed by atoms with Gasteiger partial charge in [0, 0.05) is 22.4 Å². The number of ketones is 1. The van der Waals surface area contributed by atoms with Crippen LogP contribution in [0.25, 0.3) is 6.08 Å². The topological polar surface area (TPSA) is 72.6 Å². The van der Waals surface area contributed by atoms with Crippen molar-refractivity contribution in [1.82, 2.24) is 0 Å². The molecule has 158 valence electrons. The van der Waals surface area contributed by atoms with Crippen LogP contribution in [0.5, 0.6) is 11.5 Å². The number of nitrogen functional groups attached to an aromatic ring is 1. The number of aromatic hydroxyl groups is 1. The molecule has 0 bridgehead atoms. The number of anilines is 1. The number of hydrogen-bond donors (Lipinski definition) is 2. The van der Waals surface area contributed by atoms with E-state index in [0.29, 0.717) is 36.4 Å². The maximum absolute atomic E-state index is 12.6. The molecule has 2 aromatic rings. The highest BCUT2D eigenvalue weighted by Gasteiger charge is 2.17. The van der Waals surface area contributed by atoms with Crippen molar-refractivity contribution in [3.05, 3.63) is 83.0 Å². The number of carbonyl (C=O) groups excluding carboxylic acids is 1. The van der Waals surface area contributed by atoms with Gasteiger partial charge >= 0.3 is 0 Å². The quantitative estimate of drug-likeness (QED) is 0.223. The monoisotopic (exact) mass is 405 g/mol. The predicted molar refractivity (Wildman–Crippen MR) is 125 cm³/mol. The number of carbonyl (C=O) groups is 1. The molecule has 0 aliphatic rings. The molecular weight excluding hydrogens is 374 g/mol. The van der Waals surface area contributed by atoms with Gasteiger partial charge in [-0.2, -0.15) is 0 Å². The van der Waals surface area contributed by atoms with Gasteiger partial charge < -0.3 is 15.6 Å². The zero-order chi connectivity index (χ0) is 21.9. The first-order valence-corrected chi connectivity index (χ1v) is 10.3. The second kappa shape index (κ2) is 11.7. The van der Waals surface area contributed by atoms with Gasteiger partial charge in [-0.05, 0) is 81.2 Å². The number of allylic oxidation sites excluding steroid dienone is 5. The molecule has 2 aromatic carbocycles. The van der Waals surface area contributed by atoms with Crippen LogP contribution < -0.4 is 10.5 Å². The molecule has 0 saturated carbocycles. The van der Waals surface area contributed by atoms with E-state index >= 15 is 0 Å². The van der Waals surface area contributed by atoms with E-state index in [1.165, 1.54) is 6.08 Å². The lowest BCUT2D eigenvalue weighted by Gasteiger charge is -2.17. The summed E-state index contributed by atoms with van der Waals surface area (Å²) in [6.07, 6.45) is 13.2. The fraction of sp³-hybridized carbons (Fsp3) is 0.269. The number of phenols is 1. The molecule has 0 radical (unpaired) electrons. The van der Waals surface area contributed by atoms with Crippen LogP contribution in [-0.4, -0.2) is 17.5 Å². The van der Waals surface area contributed by atoms with E-state index in [0.717, 1.165) is 23.1 Å². The van der Waals surface area contributed by atoms with Crippen LogP contribution in [0, 0.1) is 0 Å². The van der Waals surface area contributed by atoms with Crippen LogP contribution in [0.3, 0.4) is 0 Å². The Morgan fingerprint density at radius 2 is 1.77 bits per heavy atom. The summed E-state index contributed by atoms with van der Waals surface area (Å²) >= 11 is 0. The molecule has 30 heavy (non-hydrogen) atoms. The molecule has 3 N–H and O–H groups in total. The molecule has 0 aliphatic heterocycles. The number of nitrogens with two attached hydrogens (primary N) is 1. The van der Waals surface area contributed by atoms with E-state index < -0.39 is 0 Å². The zero-order valence-electron chi connectivity index (χ0n) is 18.0. The first-order chi connectivity index (χ1) is 14.5. The van der Waals surface area contributed by atoms with E-state index in [1.807, 2.05) is 51.1 Å². The summed E-state index contributed by atoms with van der Waals surface area (Å²) in [5.41, 5.74) is 9.21. The second-order valence-electron chi connectivity index (χ2n) is 7.00. The number of benzene rings is 2. The van der Waals surface area contributed by atoms with Crippen molar-refractivity contribution in [3.8, 4) is 11.5 Å². The summed E-state index contributed by atoms with van der Waals surface area (Å²) < 4.78 is 6.02. The summed E-state index contributed by atoms with van der Waals surface area (Å²) in [6, 6.07) is 8.74. The van der Waals surface area contributed by atoms with Crippen molar-refractivity contribution < 1.29 is 14.6 Å². The highest BCUT2D eigenvalue weighted by atomic mass is 16.5. The van der Waals surface area contributed by atoms with Gasteiger partial charge in [0.05, 0.1) is 6.61 Å². The van der Waals surface area contributed by atoms with Gasteiger partial charge in [0.15, 0.2) is 5.78 Å². The third kappa shape index (κ3) is 6.11. The molecule has 0 spiro atoms. The Morgan fingerprint density at radius 1 is 1.10 bits per heavy atom. The van der Waals surface area contributed by atoms with Crippen molar-refractivity contribution in [1.29, 1.82) is 0 Å². The molecule has 4 heteroatoms. The maximum atomic E-state index is 12.6. The van der Waals surface area contributed by atoms with E-state index in [9.17, 15) is 9.90 Å². The molecule has 0 atom stereocenters. The molecule has 0 amide bonds. The van der Waals surface area contributed by atoms with Gasteiger partial charge in [-0.3, -0.25) is 4.79 Å². The molecule has 0 aliphatic carbocycles. The summed E-state index contributed by atoms with van der Waals surface area (Å²) in [5.74, 6) is 0.756. The summed E-state index contributed by atoms with van der Waals surface area (Å²) in [4.78, 5) is 12.6. The maximum Gasteiger partial charge on any atom is 0.185 e. The lowest BCUT2D eigenvalue weighted by Crippen LogP contribution is -2.03. The third-order valence-electron chi connectivity index (χ3n) is 4.65. The third-order valence-corrected chi connectivity index (χ3v) is 4.65. The molecule has 0 heterocycles. The molecule has 4 nitrogen and oxygen atoms in total. The Bertz CT molecular complexity index is 938. The summed E-state index contributed by atoms with van der Waals surface area (Å²) in [6.45, 7) is 6.46. The number of hydrogen-bond acceptors (Lipinski definition) is 4. The van der Waals surface area contributed by atoms with Crippen LogP contribution in [0.1, 0.15) is 54.2 Å². The van der Waals surface area contributed by atoms with Crippen molar-refractivity contribution >= 4 is 17.5 Å². The molecule has 0 unspecified atom stereocenters. The molecule has 0 saturated heterocycles. The van der Waals surface area contributed by atoms with Gasteiger partial charge in [-0.1, -0.05) is 31.2 Å². The lowest BCUT2D eigenvalue weighted by molar-refractivity contribution is 0.104. The van der Waals surface area contributed by atoms with Crippen LogP contribution in [-0.2, 0) is 12.8 Å². The van der Waals surface area contributed by atoms with E-state index in [-0.39, 0.29) is 11.5 Å². The number of ether oxygens (including phenoxy) is 1. The van der Waals surface area contributed by atoms with Gasteiger partial charge in [0.2, 0.25) is 0 Å². The highest BCUT2D eigenvalue weighted by Crippen LogP contribution is 2.37. The smallest absolute Gasteiger partial charge is 0.185 e. The van der Waals surface area contributed by atoms with Crippen molar-refractivity contribution in [2.45, 2.75) is 40.0 Å². The largest absolute Gasteiger partial charge is 0.507 e. The Morgan fingerprint density at radius 3 is 2.40 bits per heavy atom.